The lowest BCUT2D eigenvalue weighted by molar-refractivity contribution is -0.147. The van der Waals surface area contributed by atoms with Gasteiger partial charge in [0, 0.05) is 22.0 Å². The number of nitrogens with one attached hydrogen (secondary N) is 1. The summed E-state index contributed by atoms with van der Waals surface area (Å²) in [6.45, 7) is 0.213. The lowest BCUT2D eigenvalue weighted by Crippen LogP contribution is -2.30. The molecule has 0 fully saturated rings. The Morgan fingerprint density at radius 1 is 1.29 bits per heavy atom. The molecule has 0 bridgehead atoms. The van der Waals surface area contributed by atoms with Crippen LogP contribution in [-0.4, -0.2) is 32.1 Å². The molecule has 1 aromatic carbocycles. The summed E-state index contributed by atoms with van der Waals surface area (Å²) in [4.78, 5) is 24.7. The highest BCUT2D eigenvalue weighted by Crippen LogP contribution is 2.23. The highest BCUT2D eigenvalue weighted by atomic mass is 35.5. The van der Waals surface area contributed by atoms with Crippen molar-refractivity contribution in [2.24, 2.45) is 0 Å². The van der Waals surface area contributed by atoms with Gasteiger partial charge in [-0.3, -0.25) is 9.59 Å². The molecule has 0 radical (unpaired) electrons. The molecule has 0 atom stereocenters. The van der Waals surface area contributed by atoms with Crippen LogP contribution < -0.4 is 10.1 Å². The molecular weight excluding hydrogens is 350 g/mol. The number of methoxy groups -OCH3 is 1. The van der Waals surface area contributed by atoms with E-state index in [0.29, 0.717) is 22.9 Å². The monoisotopic (exact) mass is 367 g/mol. The van der Waals surface area contributed by atoms with E-state index in [-0.39, 0.29) is 18.9 Å². The highest BCUT2D eigenvalue weighted by Gasteiger charge is 2.12. The summed E-state index contributed by atoms with van der Waals surface area (Å²) in [6, 6.07) is 8.98. The van der Waals surface area contributed by atoms with E-state index in [0.717, 1.165) is 6.42 Å². The van der Waals surface area contributed by atoms with Crippen LogP contribution >= 0.6 is 22.9 Å². The summed E-state index contributed by atoms with van der Waals surface area (Å²) in [5, 5.41) is 5.21. The molecule has 0 unspecified atom stereocenters. The molecule has 24 heavy (non-hydrogen) atoms. The van der Waals surface area contributed by atoms with Crippen LogP contribution in [0.4, 0.5) is 0 Å². The molecule has 128 valence electrons. The van der Waals surface area contributed by atoms with Gasteiger partial charge in [-0.05, 0) is 36.1 Å². The molecule has 7 heteroatoms. The molecular formula is C17H18ClNO4S. The average molecular weight is 368 g/mol. The zero-order valence-corrected chi connectivity index (χ0v) is 14.8. The summed E-state index contributed by atoms with van der Waals surface area (Å²) in [5.74, 6) is -0.279. The van der Waals surface area contributed by atoms with Crippen molar-refractivity contribution in [3.05, 3.63) is 51.2 Å². The van der Waals surface area contributed by atoms with Crippen molar-refractivity contribution in [1.82, 2.24) is 5.32 Å². The summed E-state index contributed by atoms with van der Waals surface area (Å²) in [5.41, 5.74) is 0.619. The van der Waals surface area contributed by atoms with Crippen LogP contribution in [-0.2, 0) is 27.2 Å². The van der Waals surface area contributed by atoms with E-state index in [1.165, 1.54) is 12.0 Å². The van der Waals surface area contributed by atoms with E-state index >= 15 is 0 Å². The van der Waals surface area contributed by atoms with Gasteiger partial charge in [-0.25, -0.2) is 0 Å². The van der Waals surface area contributed by atoms with Crippen LogP contribution in [0.3, 0.4) is 0 Å². The minimum absolute atomic E-state index is 0.00773. The van der Waals surface area contributed by atoms with E-state index in [1.54, 1.807) is 29.5 Å². The van der Waals surface area contributed by atoms with E-state index in [9.17, 15) is 9.59 Å². The first-order valence-corrected chi connectivity index (χ1v) is 8.61. The molecule has 0 aliphatic carbocycles. The number of hydrogen-bond acceptors (Lipinski definition) is 5. The standard InChI is InChI=1S/C17H18ClNO4S/c1-22-15-5-4-13(18)9-12(15)10-17(21)23-11-16(20)19-7-6-14-3-2-8-24-14/h2-5,8-9H,6-7,10-11H2,1H3,(H,19,20). The number of ether oxygens (including phenoxy) is 2. The van der Waals surface area contributed by atoms with Crippen molar-refractivity contribution in [3.8, 4) is 5.75 Å². The molecule has 0 aliphatic heterocycles. The van der Waals surface area contributed by atoms with Gasteiger partial charge in [-0.2, -0.15) is 0 Å². The topological polar surface area (TPSA) is 64.6 Å². The summed E-state index contributed by atoms with van der Waals surface area (Å²) in [6.07, 6.45) is 0.753. The van der Waals surface area contributed by atoms with Crippen molar-refractivity contribution in [3.63, 3.8) is 0 Å². The van der Waals surface area contributed by atoms with Crippen molar-refractivity contribution in [1.29, 1.82) is 0 Å². The Morgan fingerprint density at radius 2 is 2.12 bits per heavy atom. The molecule has 1 amide bonds. The summed E-state index contributed by atoms with van der Waals surface area (Å²) < 4.78 is 10.2. The zero-order valence-electron chi connectivity index (χ0n) is 13.2. The number of benzene rings is 1. The Kier molecular flexibility index (Phi) is 7.08. The summed E-state index contributed by atoms with van der Waals surface area (Å²) in [7, 11) is 1.51. The van der Waals surface area contributed by atoms with Crippen molar-refractivity contribution in [2.45, 2.75) is 12.8 Å². The van der Waals surface area contributed by atoms with Gasteiger partial charge in [0.25, 0.3) is 5.91 Å². The van der Waals surface area contributed by atoms with Crippen LogP contribution in [0.1, 0.15) is 10.4 Å². The third-order valence-electron chi connectivity index (χ3n) is 3.22. The fourth-order valence-electron chi connectivity index (χ4n) is 2.07. The fraction of sp³-hybridized carbons (Fsp3) is 0.294. The van der Waals surface area contributed by atoms with Crippen molar-refractivity contribution < 1.29 is 19.1 Å². The van der Waals surface area contributed by atoms with Gasteiger partial charge in [-0.15, -0.1) is 11.3 Å². The lowest BCUT2D eigenvalue weighted by Gasteiger charge is -2.09. The van der Waals surface area contributed by atoms with Gasteiger partial charge >= 0.3 is 5.97 Å². The normalized spacial score (nSPS) is 10.2. The lowest BCUT2D eigenvalue weighted by atomic mass is 10.1. The maximum absolute atomic E-state index is 11.9. The van der Waals surface area contributed by atoms with Gasteiger partial charge in [0.05, 0.1) is 13.5 Å². The number of halogens is 1. The van der Waals surface area contributed by atoms with Gasteiger partial charge < -0.3 is 14.8 Å². The Morgan fingerprint density at radius 3 is 2.83 bits per heavy atom. The summed E-state index contributed by atoms with van der Waals surface area (Å²) >= 11 is 7.55. The minimum Gasteiger partial charge on any atom is -0.496 e. The number of amides is 1. The molecule has 1 N–H and O–H groups in total. The minimum atomic E-state index is -0.510. The molecule has 5 nitrogen and oxygen atoms in total. The van der Waals surface area contributed by atoms with Gasteiger partial charge in [0.1, 0.15) is 5.75 Å². The average Bonchev–Trinajstić information content (AvgIpc) is 3.06. The highest BCUT2D eigenvalue weighted by molar-refractivity contribution is 7.09. The second-order valence-electron chi connectivity index (χ2n) is 4.97. The third kappa shape index (κ3) is 5.86. The second kappa shape index (κ2) is 9.30. The number of hydrogen-bond donors (Lipinski definition) is 1. The number of thiophene rings is 1. The first kappa shape index (κ1) is 18.3. The smallest absolute Gasteiger partial charge is 0.310 e. The quantitative estimate of drug-likeness (QED) is 0.729. The van der Waals surface area contributed by atoms with Crippen LogP contribution in [0, 0.1) is 0 Å². The first-order valence-electron chi connectivity index (χ1n) is 7.35. The maximum Gasteiger partial charge on any atom is 0.310 e. The van der Waals surface area contributed by atoms with Crippen molar-refractivity contribution in [2.75, 3.05) is 20.3 Å². The van der Waals surface area contributed by atoms with Gasteiger partial charge in [0.2, 0.25) is 0 Å². The Balaban J connectivity index is 1.72. The van der Waals surface area contributed by atoms with Crippen LogP contribution in [0.15, 0.2) is 35.7 Å². The van der Waals surface area contributed by atoms with E-state index in [4.69, 9.17) is 21.1 Å². The molecule has 0 saturated carbocycles. The van der Waals surface area contributed by atoms with Crippen molar-refractivity contribution >= 4 is 34.8 Å². The zero-order chi connectivity index (χ0) is 17.4. The molecule has 0 saturated heterocycles. The largest absolute Gasteiger partial charge is 0.496 e. The Hall–Kier alpha value is -2.05. The number of rotatable bonds is 8. The van der Waals surface area contributed by atoms with Crippen LogP contribution in [0.5, 0.6) is 5.75 Å². The first-order chi connectivity index (χ1) is 11.6. The Labute approximate surface area is 149 Å². The van der Waals surface area contributed by atoms with Gasteiger partial charge in [0.15, 0.2) is 6.61 Å². The SMILES string of the molecule is COc1ccc(Cl)cc1CC(=O)OCC(=O)NCCc1cccs1. The Bertz CT molecular complexity index is 688. The number of carbonyl (C=O) groups excluding carboxylic acids is 2. The molecule has 1 heterocycles. The van der Waals surface area contributed by atoms with Crippen LogP contribution in [0.2, 0.25) is 5.02 Å². The number of carbonyl (C=O) groups is 2. The predicted octanol–water partition coefficient (Wildman–Crippen LogP) is 2.85. The van der Waals surface area contributed by atoms with E-state index < -0.39 is 5.97 Å². The van der Waals surface area contributed by atoms with Gasteiger partial charge in [-0.1, -0.05) is 17.7 Å². The molecule has 0 spiro atoms. The molecule has 2 rings (SSSR count). The molecule has 2 aromatic rings. The predicted molar refractivity (Wildman–Crippen MR) is 93.7 cm³/mol. The molecule has 1 aromatic heterocycles. The van der Waals surface area contributed by atoms with Crippen LogP contribution in [0.25, 0.3) is 0 Å². The number of esters is 1. The van der Waals surface area contributed by atoms with E-state index in [1.807, 2.05) is 17.5 Å². The molecule has 0 aliphatic rings. The van der Waals surface area contributed by atoms with E-state index in [2.05, 4.69) is 5.32 Å². The fourth-order valence-corrected chi connectivity index (χ4v) is 2.97. The second-order valence-corrected chi connectivity index (χ2v) is 6.44. The third-order valence-corrected chi connectivity index (χ3v) is 4.39. The maximum atomic E-state index is 11.9.